The van der Waals surface area contributed by atoms with Gasteiger partial charge in [0, 0.05) is 11.8 Å². The first kappa shape index (κ1) is 11.7. The molecule has 0 spiro atoms. The van der Waals surface area contributed by atoms with Crippen LogP contribution in [0.25, 0.3) is 5.65 Å². The summed E-state index contributed by atoms with van der Waals surface area (Å²) in [6.45, 7) is 3.57. The predicted molar refractivity (Wildman–Crippen MR) is 63.9 cm³/mol. The Hall–Kier alpha value is -1.76. The number of carbonyl (C=O) groups is 1. The molecular weight excluding hydrogens is 242 g/mol. The minimum absolute atomic E-state index is 0.0534. The fourth-order valence-electron chi connectivity index (χ4n) is 1.57. The molecule has 2 aromatic heterocycles. The lowest BCUT2D eigenvalue weighted by atomic mass is 10.3. The highest BCUT2D eigenvalue weighted by atomic mass is 32.2. The third kappa shape index (κ3) is 1.93. The lowest BCUT2D eigenvalue weighted by Gasteiger charge is -1.95. The van der Waals surface area contributed by atoms with E-state index in [1.165, 1.54) is 17.8 Å². The third-order valence-corrected chi connectivity index (χ3v) is 3.09. The van der Waals surface area contributed by atoms with Crippen molar-refractivity contribution in [1.82, 2.24) is 14.6 Å². The van der Waals surface area contributed by atoms with Gasteiger partial charge in [0.05, 0.1) is 0 Å². The summed E-state index contributed by atoms with van der Waals surface area (Å²) in [6.07, 6.45) is 0. The number of aromatic nitrogens is 3. The average molecular weight is 253 g/mol. The van der Waals surface area contributed by atoms with Crippen molar-refractivity contribution in [2.75, 3.05) is 5.75 Å². The normalized spacial score (nSPS) is 10.9. The van der Waals surface area contributed by atoms with Crippen LogP contribution in [0.15, 0.2) is 15.9 Å². The summed E-state index contributed by atoms with van der Waals surface area (Å²) >= 11 is 1.33. The van der Waals surface area contributed by atoms with Crippen LogP contribution in [-0.2, 0) is 0 Å². The molecule has 2 N–H and O–H groups in total. The lowest BCUT2D eigenvalue weighted by Crippen LogP contribution is -2.15. The summed E-state index contributed by atoms with van der Waals surface area (Å²) in [5.74, 6) is -0.377. The van der Waals surface area contributed by atoms with Gasteiger partial charge in [-0.2, -0.15) is 4.52 Å². The second-order valence-electron chi connectivity index (χ2n) is 3.45. The van der Waals surface area contributed by atoms with Gasteiger partial charge >= 0.3 is 5.97 Å². The number of carboxylic acids is 1. The molecule has 0 aliphatic rings. The van der Waals surface area contributed by atoms with E-state index in [1.807, 2.05) is 6.92 Å². The zero-order valence-electron chi connectivity index (χ0n) is 9.35. The molecule has 6 nitrogen and oxygen atoms in total. The molecule has 0 radical (unpaired) electrons. The van der Waals surface area contributed by atoms with Crippen molar-refractivity contribution in [2.24, 2.45) is 0 Å². The van der Waals surface area contributed by atoms with Crippen LogP contribution in [0.3, 0.4) is 0 Å². The van der Waals surface area contributed by atoms with Crippen LogP contribution in [0.4, 0.5) is 0 Å². The van der Waals surface area contributed by atoms with Crippen LogP contribution in [0.1, 0.15) is 23.0 Å². The van der Waals surface area contributed by atoms with Crippen LogP contribution in [-0.4, -0.2) is 31.4 Å². The maximum Gasteiger partial charge on any atom is 0.342 e. The zero-order valence-corrected chi connectivity index (χ0v) is 10.2. The number of aromatic carboxylic acids is 1. The van der Waals surface area contributed by atoms with Crippen LogP contribution < -0.4 is 5.56 Å². The van der Waals surface area contributed by atoms with Gasteiger partial charge in [-0.05, 0) is 12.7 Å². The van der Waals surface area contributed by atoms with Gasteiger partial charge in [-0.25, -0.2) is 9.78 Å². The molecule has 2 aromatic rings. The number of fused-ring (bicyclic) bond motifs is 1. The third-order valence-electron chi connectivity index (χ3n) is 2.21. The Balaban J connectivity index is 2.85. The number of carboxylic acid groups (broad SMARTS) is 1. The van der Waals surface area contributed by atoms with E-state index in [0.717, 1.165) is 4.52 Å². The smallest absolute Gasteiger partial charge is 0.342 e. The number of rotatable bonds is 3. The molecule has 2 heterocycles. The molecule has 0 aliphatic carbocycles. The van der Waals surface area contributed by atoms with E-state index in [-0.39, 0.29) is 16.8 Å². The maximum atomic E-state index is 11.7. The molecule has 0 saturated carbocycles. The lowest BCUT2D eigenvalue weighted by molar-refractivity contribution is 0.0695. The van der Waals surface area contributed by atoms with Crippen LogP contribution in [0.5, 0.6) is 0 Å². The van der Waals surface area contributed by atoms with E-state index in [0.29, 0.717) is 16.5 Å². The second-order valence-corrected chi connectivity index (χ2v) is 4.72. The average Bonchev–Trinajstić information content (AvgIpc) is 2.57. The first-order valence-corrected chi connectivity index (χ1v) is 6.01. The fourth-order valence-corrected chi connectivity index (χ4v) is 2.34. The quantitative estimate of drug-likeness (QED) is 0.801. The number of aryl methyl sites for hydroxylation is 1. The SMILES string of the molecule is CCSc1[nH]n2c(=O)cc(C)nc2c1C(=O)O. The van der Waals surface area contributed by atoms with Crippen molar-refractivity contribution in [1.29, 1.82) is 0 Å². The zero-order chi connectivity index (χ0) is 12.6. The monoisotopic (exact) mass is 253 g/mol. The highest BCUT2D eigenvalue weighted by Gasteiger charge is 2.20. The van der Waals surface area contributed by atoms with E-state index < -0.39 is 5.97 Å². The van der Waals surface area contributed by atoms with Gasteiger partial charge in [0.25, 0.3) is 5.56 Å². The van der Waals surface area contributed by atoms with Crippen molar-refractivity contribution in [2.45, 2.75) is 18.9 Å². The molecule has 2 rings (SSSR count). The molecule has 0 unspecified atom stereocenters. The molecular formula is C10H11N3O3S. The first-order valence-electron chi connectivity index (χ1n) is 5.03. The number of hydrogen-bond acceptors (Lipinski definition) is 4. The molecule has 0 aromatic carbocycles. The predicted octanol–water partition coefficient (Wildman–Crippen LogP) is 1.14. The molecule has 17 heavy (non-hydrogen) atoms. The van der Waals surface area contributed by atoms with Gasteiger partial charge in [-0.3, -0.25) is 9.89 Å². The highest BCUT2D eigenvalue weighted by molar-refractivity contribution is 7.99. The molecule has 0 aliphatic heterocycles. The van der Waals surface area contributed by atoms with Gasteiger partial charge in [0.15, 0.2) is 5.65 Å². The second kappa shape index (κ2) is 4.25. The topological polar surface area (TPSA) is 87.5 Å². The van der Waals surface area contributed by atoms with E-state index in [4.69, 9.17) is 0 Å². The first-order chi connectivity index (χ1) is 8.04. The Labute approximate surface area is 101 Å². The number of H-pyrrole nitrogens is 1. The molecule has 7 heteroatoms. The van der Waals surface area contributed by atoms with Crippen molar-refractivity contribution < 1.29 is 9.90 Å². The Morgan fingerprint density at radius 3 is 2.94 bits per heavy atom. The summed E-state index contributed by atoms with van der Waals surface area (Å²) in [4.78, 5) is 27.0. The minimum Gasteiger partial charge on any atom is -0.477 e. The fraction of sp³-hybridized carbons (Fsp3) is 0.300. The summed E-state index contributed by atoms with van der Waals surface area (Å²) < 4.78 is 1.16. The summed E-state index contributed by atoms with van der Waals surface area (Å²) in [6, 6.07) is 1.36. The Morgan fingerprint density at radius 1 is 1.65 bits per heavy atom. The summed E-state index contributed by atoms with van der Waals surface area (Å²) in [5.41, 5.74) is 0.415. The van der Waals surface area contributed by atoms with Crippen LogP contribution in [0, 0.1) is 6.92 Å². The molecule has 0 amide bonds. The van der Waals surface area contributed by atoms with Crippen molar-refractivity contribution in [3.63, 3.8) is 0 Å². The van der Waals surface area contributed by atoms with Gasteiger partial charge in [0.1, 0.15) is 10.6 Å². The Morgan fingerprint density at radius 2 is 2.35 bits per heavy atom. The van der Waals surface area contributed by atoms with Crippen molar-refractivity contribution >= 4 is 23.4 Å². The molecule has 0 atom stereocenters. The van der Waals surface area contributed by atoms with Crippen molar-refractivity contribution in [3.8, 4) is 0 Å². The highest BCUT2D eigenvalue weighted by Crippen LogP contribution is 2.23. The number of nitrogens with zero attached hydrogens (tertiary/aromatic N) is 2. The number of nitrogens with one attached hydrogen (secondary N) is 1. The molecule has 90 valence electrons. The minimum atomic E-state index is -1.09. The summed E-state index contributed by atoms with van der Waals surface area (Å²) in [7, 11) is 0. The Bertz CT molecular complexity index is 644. The van der Waals surface area contributed by atoms with E-state index in [2.05, 4.69) is 10.1 Å². The maximum absolute atomic E-state index is 11.7. The Kier molecular flexibility index (Phi) is 2.93. The number of aromatic amines is 1. The van der Waals surface area contributed by atoms with Crippen molar-refractivity contribution in [3.05, 3.63) is 27.7 Å². The van der Waals surface area contributed by atoms with Gasteiger partial charge in [-0.15, -0.1) is 11.8 Å². The number of thioether (sulfide) groups is 1. The van der Waals surface area contributed by atoms with Crippen LogP contribution in [0.2, 0.25) is 0 Å². The largest absolute Gasteiger partial charge is 0.477 e. The van der Waals surface area contributed by atoms with E-state index in [9.17, 15) is 14.7 Å². The number of hydrogen-bond donors (Lipinski definition) is 2. The van der Waals surface area contributed by atoms with Gasteiger partial charge < -0.3 is 5.11 Å². The van der Waals surface area contributed by atoms with E-state index >= 15 is 0 Å². The molecule has 0 fully saturated rings. The molecule has 0 bridgehead atoms. The van der Waals surface area contributed by atoms with E-state index in [1.54, 1.807) is 6.92 Å². The summed E-state index contributed by atoms with van der Waals surface area (Å²) in [5, 5.41) is 12.4. The van der Waals surface area contributed by atoms with Gasteiger partial charge in [-0.1, -0.05) is 6.92 Å². The van der Waals surface area contributed by atoms with Gasteiger partial charge in [0.2, 0.25) is 0 Å². The molecule has 0 saturated heterocycles. The standard InChI is InChI=1S/C10H11N3O3S/c1-3-17-9-7(10(15)16)8-11-5(2)4-6(14)13(8)12-9/h4,12H,3H2,1-2H3,(H,15,16). The van der Waals surface area contributed by atoms with Crippen LogP contribution >= 0.6 is 11.8 Å².